The Hall–Kier alpha value is -3.04. The Morgan fingerprint density at radius 2 is 1.96 bits per heavy atom. The number of benzene rings is 1. The minimum Gasteiger partial charge on any atom is -0.495 e. The van der Waals surface area contributed by atoms with E-state index >= 15 is 0 Å². The summed E-state index contributed by atoms with van der Waals surface area (Å²) in [5, 5.41) is 15.5. The maximum absolute atomic E-state index is 12.7. The van der Waals surface area contributed by atoms with Crippen LogP contribution in [0.2, 0.25) is 0 Å². The van der Waals surface area contributed by atoms with Crippen LogP contribution in [-0.4, -0.2) is 40.0 Å². The van der Waals surface area contributed by atoms with E-state index in [4.69, 9.17) is 9.84 Å². The number of carboxylic acids is 1. The number of anilines is 1. The van der Waals surface area contributed by atoms with Gasteiger partial charge in [0.2, 0.25) is 5.91 Å². The maximum atomic E-state index is 12.7. The molecule has 0 aliphatic heterocycles. The number of halogens is 3. The van der Waals surface area contributed by atoms with E-state index in [2.05, 4.69) is 10.4 Å². The number of carbonyl (C=O) groups excluding carboxylic acids is 1. The second-order valence-corrected chi connectivity index (χ2v) is 6.29. The lowest BCUT2D eigenvalue weighted by atomic mass is 9.98. The summed E-state index contributed by atoms with van der Waals surface area (Å²) < 4.78 is 44.0. The van der Waals surface area contributed by atoms with Crippen LogP contribution in [0.5, 0.6) is 5.75 Å². The predicted molar refractivity (Wildman–Crippen MR) is 94.8 cm³/mol. The summed E-state index contributed by atoms with van der Waals surface area (Å²) in [7, 11) is 1.33. The monoisotopic (exact) mass is 399 g/mol. The van der Waals surface area contributed by atoms with Gasteiger partial charge in [-0.15, -0.1) is 0 Å². The lowest BCUT2D eigenvalue weighted by Crippen LogP contribution is -2.22. The van der Waals surface area contributed by atoms with Crippen LogP contribution < -0.4 is 10.1 Å². The number of rotatable bonds is 6. The number of nitrogens with zero attached hydrogens (tertiary/aromatic N) is 2. The van der Waals surface area contributed by atoms with Crippen molar-refractivity contribution >= 4 is 17.6 Å². The first-order chi connectivity index (χ1) is 12.9. The van der Waals surface area contributed by atoms with E-state index in [1.807, 2.05) is 0 Å². The number of methoxy groups -OCH3 is 1. The molecule has 0 saturated heterocycles. The number of carbonyl (C=O) groups is 2. The van der Waals surface area contributed by atoms with Gasteiger partial charge in [-0.3, -0.25) is 9.48 Å². The number of aryl methyl sites for hydroxylation is 1. The average molecular weight is 399 g/mol. The van der Waals surface area contributed by atoms with Crippen molar-refractivity contribution in [2.75, 3.05) is 12.4 Å². The van der Waals surface area contributed by atoms with Gasteiger partial charge in [0.05, 0.1) is 30.0 Å². The Morgan fingerprint density at radius 1 is 1.32 bits per heavy atom. The van der Waals surface area contributed by atoms with Crippen molar-refractivity contribution in [2.24, 2.45) is 0 Å². The molecule has 0 saturated carbocycles. The Bertz CT molecular complexity index is 906. The van der Waals surface area contributed by atoms with Gasteiger partial charge in [-0.05, 0) is 39.0 Å². The van der Waals surface area contributed by atoms with Crippen molar-refractivity contribution < 1.29 is 32.6 Å². The van der Waals surface area contributed by atoms with Crippen molar-refractivity contribution in [3.63, 3.8) is 0 Å². The molecule has 0 spiro atoms. The average Bonchev–Trinajstić information content (AvgIpc) is 2.86. The fourth-order valence-corrected chi connectivity index (χ4v) is 2.96. The van der Waals surface area contributed by atoms with Crippen molar-refractivity contribution in [1.29, 1.82) is 0 Å². The normalized spacial score (nSPS) is 12.5. The van der Waals surface area contributed by atoms with E-state index in [0.717, 1.165) is 4.68 Å². The van der Waals surface area contributed by atoms with E-state index in [0.29, 0.717) is 11.3 Å². The van der Waals surface area contributed by atoms with Crippen molar-refractivity contribution in [1.82, 2.24) is 9.78 Å². The first-order valence-corrected chi connectivity index (χ1v) is 8.27. The minimum absolute atomic E-state index is 0.0111. The van der Waals surface area contributed by atoms with Crippen molar-refractivity contribution in [3.05, 3.63) is 40.7 Å². The quantitative estimate of drug-likeness (QED) is 0.775. The van der Waals surface area contributed by atoms with E-state index in [9.17, 15) is 22.8 Å². The van der Waals surface area contributed by atoms with E-state index in [1.165, 1.54) is 32.2 Å². The van der Waals surface area contributed by atoms with Gasteiger partial charge in [-0.25, -0.2) is 4.79 Å². The molecular weight excluding hydrogens is 379 g/mol. The summed E-state index contributed by atoms with van der Waals surface area (Å²) in [5.74, 6) is -2.26. The zero-order chi connectivity index (χ0) is 21.2. The highest BCUT2D eigenvalue weighted by Gasteiger charge is 2.31. The molecule has 1 atom stereocenters. The first kappa shape index (κ1) is 21.3. The number of alkyl halides is 3. The Labute approximate surface area is 159 Å². The van der Waals surface area contributed by atoms with Gasteiger partial charge in [0, 0.05) is 11.3 Å². The molecule has 2 rings (SSSR count). The molecule has 0 fully saturated rings. The van der Waals surface area contributed by atoms with E-state index in [-0.39, 0.29) is 22.7 Å². The van der Waals surface area contributed by atoms with Crippen LogP contribution in [0.3, 0.4) is 0 Å². The summed E-state index contributed by atoms with van der Waals surface area (Å²) in [4.78, 5) is 23.7. The largest absolute Gasteiger partial charge is 0.495 e. The molecule has 1 amide bonds. The van der Waals surface area contributed by atoms with Crippen LogP contribution in [0.25, 0.3) is 0 Å². The van der Waals surface area contributed by atoms with Crippen molar-refractivity contribution in [2.45, 2.75) is 39.4 Å². The topological polar surface area (TPSA) is 93.4 Å². The second kappa shape index (κ2) is 7.91. The van der Waals surface area contributed by atoms with Gasteiger partial charge in [0.15, 0.2) is 0 Å². The smallest absolute Gasteiger partial charge is 0.408 e. The summed E-state index contributed by atoms with van der Waals surface area (Å²) in [6.07, 6.45) is -4.43. The number of hydrogen-bond acceptors (Lipinski definition) is 4. The summed E-state index contributed by atoms with van der Waals surface area (Å²) in [6, 6.07) is 3.96. The van der Waals surface area contributed by atoms with Crippen molar-refractivity contribution in [3.8, 4) is 5.75 Å². The number of hydrogen-bond donors (Lipinski definition) is 2. The van der Waals surface area contributed by atoms with E-state index < -0.39 is 30.5 Å². The highest BCUT2D eigenvalue weighted by atomic mass is 19.4. The van der Waals surface area contributed by atoms with Gasteiger partial charge in [-0.2, -0.15) is 18.3 Å². The number of aromatic nitrogens is 2. The molecule has 10 heteroatoms. The fraction of sp³-hybridized carbons (Fsp3) is 0.389. The molecule has 0 radical (unpaired) electrons. The van der Waals surface area contributed by atoms with Gasteiger partial charge < -0.3 is 15.2 Å². The van der Waals surface area contributed by atoms with Gasteiger partial charge >= 0.3 is 12.1 Å². The molecular formula is C18H20F3N3O4. The summed E-state index contributed by atoms with van der Waals surface area (Å²) in [6.45, 7) is 3.34. The zero-order valence-corrected chi connectivity index (χ0v) is 15.7. The molecule has 1 unspecified atom stereocenters. The predicted octanol–water partition coefficient (Wildman–Crippen LogP) is 3.51. The van der Waals surface area contributed by atoms with Gasteiger partial charge in [0.1, 0.15) is 12.3 Å². The summed E-state index contributed by atoms with van der Waals surface area (Å²) >= 11 is 0. The lowest BCUT2D eigenvalue weighted by molar-refractivity contribution is -0.143. The molecule has 2 N–H and O–H groups in total. The Morgan fingerprint density at radius 3 is 2.50 bits per heavy atom. The molecule has 7 nitrogen and oxygen atoms in total. The first-order valence-electron chi connectivity index (χ1n) is 8.27. The Balaban J connectivity index is 2.28. The minimum atomic E-state index is -4.43. The zero-order valence-electron chi connectivity index (χ0n) is 15.7. The molecule has 0 aliphatic carbocycles. The number of nitrogens with one attached hydrogen (secondary N) is 1. The molecule has 152 valence electrons. The van der Waals surface area contributed by atoms with Crippen LogP contribution in [0.4, 0.5) is 18.9 Å². The van der Waals surface area contributed by atoms with E-state index in [1.54, 1.807) is 13.8 Å². The van der Waals surface area contributed by atoms with Crippen LogP contribution in [0, 0.1) is 13.8 Å². The third-order valence-corrected chi connectivity index (χ3v) is 4.30. The third kappa shape index (κ3) is 4.62. The van der Waals surface area contributed by atoms with Crippen LogP contribution in [-0.2, 0) is 11.3 Å². The highest BCUT2D eigenvalue weighted by molar-refractivity contribution is 5.98. The Kier molecular flexibility index (Phi) is 6.01. The molecule has 2 aromatic rings. The van der Waals surface area contributed by atoms with Gasteiger partial charge in [-0.1, -0.05) is 0 Å². The standard InChI is InChI=1S/C18H20F3N3O4/c1-9(15-10(2)23-24(11(15)3)8-18(19,20)21)16(25)22-13-6-5-12(17(26)27)7-14(13)28-4/h5-7,9H,8H2,1-4H3,(H,22,25)(H,26,27). The number of ether oxygens (including phenoxy) is 1. The molecule has 28 heavy (non-hydrogen) atoms. The van der Waals surface area contributed by atoms with Crippen LogP contribution in [0.1, 0.15) is 40.2 Å². The number of aromatic carboxylic acids is 1. The number of amides is 1. The molecule has 1 aromatic carbocycles. The molecule has 0 bridgehead atoms. The maximum Gasteiger partial charge on any atom is 0.408 e. The SMILES string of the molecule is COc1cc(C(=O)O)ccc1NC(=O)C(C)c1c(C)nn(CC(F)(F)F)c1C. The van der Waals surface area contributed by atoms with Crippen LogP contribution in [0.15, 0.2) is 18.2 Å². The second-order valence-electron chi connectivity index (χ2n) is 6.29. The fourth-order valence-electron chi connectivity index (χ4n) is 2.96. The third-order valence-electron chi connectivity index (χ3n) is 4.30. The molecule has 1 heterocycles. The van der Waals surface area contributed by atoms with Crippen LogP contribution >= 0.6 is 0 Å². The molecule has 1 aromatic heterocycles. The van der Waals surface area contributed by atoms with Gasteiger partial charge in [0.25, 0.3) is 0 Å². The number of carboxylic acid groups (broad SMARTS) is 1. The lowest BCUT2D eigenvalue weighted by Gasteiger charge is -2.16. The molecule has 0 aliphatic rings. The summed E-state index contributed by atoms with van der Waals surface area (Å²) in [5.41, 5.74) is 1.23. The highest BCUT2D eigenvalue weighted by Crippen LogP contribution is 2.30.